The summed E-state index contributed by atoms with van der Waals surface area (Å²) < 4.78 is 0. The molecule has 4 nitrogen and oxygen atoms in total. The maximum atomic E-state index is 6.09. The SMILES string of the molecule is I.NC(=NCC12CC3CC(CC(C3)C1)C2)NCCc1ccccn1. The summed E-state index contributed by atoms with van der Waals surface area (Å²) in [6.45, 7) is 1.73. The van der Waals surface area contributed by atoms with Gasteiger partial charge in [0.25, 0.3) is 0 Å². The maximum absolute atomic E-state index is 6.09. The van der Waals surface area contributed by atoms with Crippen molar-refractivity contribution in [3.63, 3.8) is 0 Å². The Hall–Kier alpha value is -0.850. The molecule has 0 aliphatic heterocycles. The van der Waals surface area contributed by atoms with E-state index in [1.165, 1.54) is 38.5 Å². The second-order valence-electron chi connectivity index (χ2n) is 8.12. The molecule has 5 heteroatoms. The summed E-state index contributed by atoms with van der Waals surface area (Å²) in [6, 6.07) is 6.01. The van der Waals surface area contributed by atoms with Gasteiger partial charge >= 0.3 is 0 Å². The van der Waals surface area contributed by atoms with Crippen molar-refractivity contribution >= 4 is 29.9 Å². The molecule has 3 N–H and O–H groups in total. The molecule has 24 heavy (non-hydrogen) atoms. The van der Waals surface area contributed by atoms with E-state index in [1.807, 2.05) is 24.4 Å². The number of aliphatic imine (C=N–C) groups is 1. The Morgan fingerprint density at radius 1 is 1.17 bits per heavy atom. The Labute approximate surface area is 162 Å². The molecule has 4 aliphatic carbocycles. The number of nitrogens with two attached hydrogens (primary N) is 1. The van der Waals surface area contributed by atoms with Crippen LogP contribution >= 0.6 is 24.0 Å². The highest BCUT2D eigenvalue weighted by Gasteiger charge is 2.50. The van der Waals surface area contributed by atoms with Gasteiger partial charge in [0.15, 0.2) is 5.96 Å². The summed E-state index contributed by atoms with van der Waals surface area (Å²) >= 11 is 0. The highest BCUT2D eigenvalue weighted by Crippen LogP contribution is 2.60. The van der Waals surface area contributed by atoms with Crippen LogP contribution in [-0.4, -0.2) is 24.0 Å². The fraction of sp³-hybridized carbons (Fsp3) is 0.684. The van der Waals surface area contributed by atoms with E-state index in [2.05, 4.69) is 10.3 Å². The van der Waals surface area contributed by atoms with Crippen molar-refractivity contribution in [2.75, 3.05) is 13.1 Å². The molecule has 0 aromatic carbocycles. The number of guanidine groups is 1. The fourth-order valence-corrected chi connectivity index (χ4v) is 5.66. The monoisotopic (exact) mass is 440 g/mol. The third kappa shape index (κ3) is 4.03. The third-order valence-corrected chi connectivity index (χ3v) is 6.16. The first-order valence-corrected chi connectivity index (χ1v) is 9.14. The average molecular weight is 440 g/mol. The normalized spacial score (nSPS) is 34.0. The Kier molecular flexibility index (Phi) is 5.67. The van der Waals surface area contributed by atoms with Gasteiger partial charge in [-0.05, 0) is 73.8 Å². The van der Waals surface area contributed by atoms with E-state index in [0.29, 0.717) is 11.4 Å². The lowest BCUT2D eigenvalue weighted by atomic mass is 9.49. The lowest BCUT2D eigenvalue weighted by molar-refractivity contribution is -0.0465. The smallest absolute Gasteiger partial charge is 0.188 e. The van der Waals surface area contributed by atoms with Gasteiger partial charge in [-0.25, -0.2) is 0 Å². The number of rotatable bonds is 5. The van der Waals surface area contributed by atoms with E-state index in [0.717, 1.165) is 43.0 Å². The number of pyridine rings is 1. The largest absolute Gasteiger partial charge is 0.370 e. The van der Waals surface area contributed by atoms with Crippen LogP contribution in [0.4, 0.5) is 0 Å². The Morgan fingerprint density at radius 3 is 2.42 bits per heavy atom. The van der Waals surface area contributed by atoms with Gasteiger partial charge in [0.05, 0.1) is 0 Å². The van der Waals surface area contributed by atoms with Crippen molar-refractivity contribution in [1.82, 2.24) is 10.3 Å². The minimum atomic E-state index is 0. The fourth-order valence-electron chi connectivity index (χ4n) is 5.66. The predicted octanol–water partition coefficient (Wildman–Crippen LogP) is 3.36. The van der Waals surface area contributed by atoms with E-state index >= 15 is 0 Å². The van der Waals surface area contributed by atoms with Gasteiger partial charge in [0, 0.05) is 31.4 Å². The Morgan fingerprint density at radius 2 is 1.83 bits per heavy atom. The van der Waals surface area contributed by atoms with Gasteiger partial charge in [-0.3, -0.25) is 9.98 Å². The third-order valence-electron chi connectivity index (χ3n) is 6.16. The van der Waals surface area contributed by atoms with Gasteiger partial charge in [-0.15, -0.1) is 24.0 Å². The number of nitrogens with zero attached hydrogens (tertiary/aromatic N) is 2. The zero-order valence-electron chi connectivity index (χ0n) is 14.3. The number of halogens is 1. The zero-order chi connectivity index (χ0) is 15.7. The topological polar surface area (TPSA) is 63.3 Å². The molecule has 132 valence electrons. The van der Waals surface area contributed by atoms with Gasteiger partial charge in [-0.1, -0.05) is 6.07 Å². The molecule has 4 aliphatic rings. The van der Waals surface area contributed by atoms with Crippen LogP contribution in [0.15, 0.2) is 29.4 Å². The van der Waals surface area contributed by atoms with Crippen LogP contribution in [0.25, 0.3) is 0 Å². The highest BCUT2D eigenvalue weighted by atomic mass is 127. The summed E-state index contributed by atoms with van der Waals surface area (Å²) in [4.78, 5) is 9.04. The van der Waals surface area contributed by atoms with E-state index in [4.69, 9.17) is 10.7 Å². The van der Waals surface area contributed by atoms with Crippen LogP contribution in [0.1, 0.15) is 44.2 Å². The summed E-state index contributed by atoms with van der Waals surface area (Å²) in [6.07, 6.45) is 11.4. The average Bonchev–Trinajstić information content (AvgIpc) is 2.53. The second-order valence-corrected chi connectivity index (χ2v) is 8.12. The molecule has 0 unspecified atom stereocenters. The van der Waals surface area contributed by atoms with Gasteiger partial charge in [0.2, 0.25) is 0 Å². The van der Waals surface area contributed by atoms with Crippen LogP contribution in [0, 0.1) is 23.2 Å². The molecular weight excluding hydrogens is 411 g/mol. The first kappa shape index (κ1) is 18.0. The molecular formula is C19H29IN4. The summed E-state index contributed by atoms with van der Waals surface area (Å²) in [7, 11) is 0. The molecule has 1 aromatic rings. The minimum absolute atomic E-state index is 0. The van der Waals surface area contributed by atoms with Gasteiger partial charge < -0.3 is 11.1 Å². The van der Waals surface area contributed by atoms with Crippen LogP contribution < -0.4 is 11.1 Å². The second kappa shape index (κ2) is 7.58. The van der Waals surface area contributed by atoms with Crippen molar-refractivity contribution in [2.24, 2.45) is 33.9 Å². The van der Waals surface area contributed by atoms with Crippen LogP contribution in [0.2, 0.25) is 0 Å². The van der Waals surface area contributed by atoms with Crippen molar-refractivity contribution in [1.29, 1.82) is 0 Å². The number of hydrogen-bond donors (Lipinski definition) is 2. The van der Waals surface area contributed by atoms with E-state index in [1.54, 1.807) is 0 Å². The molecule has 0 spiro atoms. The van der Waals surface area contributed by atoms with Crippen LogP contribution in [0.3, 0.4) is 0 Å². The molecule has 5 rings (SSSR count). The molecule has 0 amide bonds. The van der Waals surface area contributed by atoms with Crippen molar-refractivity contribution in [3.05, 3.63) is 30.1 Å². The van der Waals surface area contributed by atoms with Crippen molar-refractivity contribution < 1.29 is 0 Å². The molecule has 4 fully saturated rings. The molecule has 1 heterocycles. The van der Waals surface area contributed by atoms with Crippen molar-refractivity contribution in [3.8, 4) is 0 Å². The predicted molar refractivity (Wildman–Crippen MR) is 108 cm³/mol. The Balaban J connectivity index is 0.00000169. The lowest BCUT2D eigenvalue weighted by Gasteiger charge is -2.56. The van der Waals surface area contributed by atoms with E-state index in [9.17, 15) is 0 Å². The first-order chi connectivity index (χ1) is 11.2. The number of nitrogens with one attached hydrogen (secondary N) is 1. The molecule has 1 aromatic heterocycles. The first-order valence-electron chi connectivity index (χ1n) is 9.14. The lowest BCUT2D eigenvalue weighted by Crippen LogP contribution is -2.48. The van der Waals surface area contributed by atoms with Crippen molar-refractivity contribution in [2.45, 2.75) is 44.9 Å². The molecule has 4 bridgehead atoms. The standard InChI is InChI=1S/C19H28N4.HI/c20-18(22-6-4-17-3-1-2-5-21-17)23-13-19-10-14-7-15(11-19)9-16(8-14)12-19;/h1-3,5,14-16H,4,6-13H2,(H3,20,22,23);1H. The molecule has 0 radical (unpaired) electrons. The molecule has 0 atom stereocenters. The summed E-state index contributed by atoms with van der Waals surface area (Å²) in [5.74, 6) is 3.55. The summed E-state index contributed by atoms with van der Waals surface area (Å²) in [5, 5.41) is 3.25. The van der Waals surface area contributed by atoms with E-state index in [-0.39, 0.29) is 24.0 Å². The van der Waals surface area contributed by atoms with Crippen LogP contribution in [-0.2, 0) is 6.42 Å². The quantitative estimate of drug-likeness (QED) is 0.419. The van der Waals surface area contributed by atoms with Crippen LogP contribution in [0.5, 0.6) is 0 Å². The number of hydrogen-bond acceptors (Lipinski definition) is 2. The minimum Gasteiger partial charge on any atom is -0.370 e. The summed E-state index contributed by atoms with van der Waals surface area (Å²) in [5.41, 5.74) is 7.65. The number of aromatic nitrogens is 1. The van der Waals surface area contributed by atoms with Gasteiger partial charge in [-0.2, -0.15) is 0 Å². The molecule has 4 saturated carbocycles. The molecule has 0 saturated heterocycles. The highest BCUT2D eigenvalue weighted by molar-refractivity contribution is 14.0. The van der Waals surface area contributed by atoms with Gasteiger partial charge in [0.1, 0.15) is 0 Å². The maximum Gasteiger partial charge on any atom is 0.188 e. The zero-order valence-corrected chi connectivity index (χ0v) is 16.6. The Bertz CT molecular complexity index is 537. The van der Waals surface area contributed by atoms with E-state index < -0.39 is 0 Å².